The number of halogens is 1. The number of hydrogen-bond acceptors (Lipinski definition) is 5. The van der Waals surface area contributed by atoms with Gasteiger partial charge in [-0.05, 0) is 27.4 Å². The molecule has 18 heavy (non-hydrogen) atoms. The van der Waals surface area contributed by atoms with Gasteiger partial charge in [0.25, 0.3) is 5.91 Å². The summed E-state index contributed by atoms with van der Waals surface area (Å²) in [5.41, 5.74) is 0. The van der Waals surface area contributed by atoms with Crippen molar-refractivity contribution in [3.8, 4) is 0 Å². The highest BCUT2D eigenvalue weighted by atomic mass is 79.9. The maximum atomic E-state index is 12.2. The number of carbonyl (C=O) groups excluding carboxylic acids is 2. The lowest BCUT2D eigenvalue weighted by atomic mass is 10.2. The lowest BCUT2D eigenvalue weighted by Gasteiger charge is -2.31. The van der Waals surface area contributed by atoms with Gasteiger partial charge >= 0.3 is 5.97 Å². The van der Waals surface area contributed by atoms with Gasteiger partial charge in [0.05, 0.1) is 20.3 Å². The Morgan fingerprint density at radius 3 is 3.00 bits per heavy atom. The molecule has 1 aliphatic heterocycles. The number of amides is 1. The summed E-state index contributed by atoms with van der Waals surface area (Å²) in [6.45, 7) is 1.06. The zero-order chi connectivity index (χ0) is 13.1. The molecule has 2 heterocycles. The minimum atomic E-state index is -0.688. The van der Waals surface area contributed by atoms with E-state index in [4.69, 9.17) is 4.74 Å². The maximum Gasteiger partial charge on any atom is 0.336 e. The monoisotopic (exact) mass is 333 g/mol. The van der Waals surface area contributed by atoms with Crippen LogP contribution in [0.1, 0.15) is 9.67 Å². The predicted molar refractivity (Wildman–Crippen MR) is 69.7 cm³/mol. The smallest absolute Gasteiger partial charge is 0.336 e. The third kappa shape index (κ3) is 2.73. The fourth-order valence-corrected chi connectivity index (χ4v) is 3.21. The highest BCUT2D eigenvalue weighted by molar-refractivity contribution is 9.10. The van der Waals surface area contributed by atoms with Crippen LogP contribution in [-0.2, 0) is 14.3 Å². The van der Waals surface area contributed by atoms with E-state index in [1.807, 2.05) is 11.4 Å². The highest BCUT2D eigenvalue weighted by Gasteiger charge is 2.31. The minimum absolute atomic E-state index is 0.0888. The summed E-state index contributed by atoms with van der Waals surface area (Å²) in [5, 5.41) is 1.84. The van der Waals surface area contributed by atoms with Crippen LogP contribution in [0, 0.1) is 0 Å². The summed E-state index contributed by atoms with van der Waals surface area (Å²) in [6.07, 6.45) is -0.688. The zero-order valence-corrected chi connectivity index (χ0v) is 12.1. The molecule has 98 valence electrons. The van der Waals surface area contributed by atoms with Crippen molar-refractivity contribution in [3.63, 3.8) is 0 Å². The van der Waals surface area contributed by atoms with Crippen molar-refractivity contribution < 1.29 is 19.1 Å². The van der Waals surface area contributed by atoms with Gasteiger partial charge in [-0.1, -0.05) is 0 Å². The van der Waals surface area contributed by atoms with Gasteiger partial charge in [-0.3, -0.25) is 4.79 Å². The first-order valence-corrected chi connectivity index (χ1v) is 7.02. The number of rotatable bonds is 2. The van der Waals surface area contributed by atoms with Crippen LogP contribution < -0.4 is 0 Å². The van der Waals surface area contributed by atoms with E-state index < -0.39 is 12.1 Å². The van der Waals surface area contributed by atoms with E-state index in [2.05, 4.69) is 20.7 Å². The average Bonchev–Trinajstić information content (AvgIpc) is 2.83. The Morgan fingerprint density at radius 1 is 1.61 bits per heavy atom. The van der Waals surface area contributed by atoms with E-state index in [0.29, 0.717) is 18.0 Å². The van der Waals surface area contributed by atoms with Crippen LogP contribution in [0.25, 0.3) is 0 Å². The Morgan fingerprint density at radius 2 is 2.39 bits per heavy atom. The van der Waals surface area contributed by atoms with E-state index in [1.165, 1.54) is 18.4 Å². The third-order valence-corrected chi connectivity index (χ3v) is 4.45. The van der Waals surface area contributed by atoms with Crippen molar-refractivity contribution in [2.75, 3.05) is 26.8 Å². The van der Waals surface area contributed by atoms with Crippen molar-refractivity contribution in [2.24, 2.45) is 0 Å². The fraction of sp³-hybridized carbons (Fsp3) is 0.455. The van der Waals surface area contributed by atoms with Crippen molar-refractivity contribution in [3.05, 3.63) is 20.8 Å². The molecular formula is C11H12BrNO4S. The highest BCUT2D eigenvalue weighted by Crippen LogP contribution is 2.25. The van der Waals surface area contributed by atoms with Gasteiger partial charge in [-0.2, -0.15) is 0 Å². The molecule has 1 fully saturated rings. The summed E-state index contributed by atoms with van der Waals surface area (Å²) in [7, 11) is 1.31. The average molecular weight is 334 g/mol. The lowest BCUT2D eigenvalue weighted by molar-refractivity contribution is -0.158. The first-order valence-electron chi connectivity index (χ1n) is 5.35. The van der Waals surface area contributed by atoms with Gasteiger partial charge in [-0.25, -0.2) is 4.79 Å². The molecule has 7 heteroatoms. The molecule has 0 bridgehead atoms. The number of esters is 1. The molecule has 1 aromatic heterocycles. The van der Waals surface area contributed by atoms with E-state index in [9.17, 15) is 9.59 Å². The maximum absolute atomic E-state index is 12.2. The molecule has 0 radical (unpaired) electrons. The van der Waals surface area contributed by atoms with Crippen LogP contribution in [0.2, 0.25) is 0 Å². The molecule has 1 atom stereocenters. The molecule has 1 amide bonds. The Balaban J connectivity index is 2.07. The molecule has 5 nitrogen and oxygen atoms in total. The van der Waals surface area contributed by atoms with E-state index in [-0.39, 0.29) is 12.5 Å². The van der Waals surface area contributed by atoms with Crippen molar-refractivity contribution in [1.29, 1.82) is 0 Å². The lowest BCUT2D eigenvalue weighted by Crippen LogP contribution is -2.48. The molecule has 0 N–H and O–H groups in total. The zero-order valence-electron chi connectivity index (χ0n) is 9.72. The standard InChI is InChI=1S/C11H12BrNO4S/c1-16-11(15)8-6-13(3-4-17-8)10(14)9-7(12)2-5-18-9/h2,5,8H,3-4,6H2,1H3. The number of methoxy groups -OCH3 is 1. The first-order chi connectivity index (χ1) is 8.63. The Bertz CT molecular complexity index is 462. The molecule has 1 aromatic rings. The second kappa shape index (κ2) is 5.81. The molecule has 1 saturated heterocycles. The number of hydrogen-bond donors (Lipinski definition) is 0. The van der Waals surface area contributed by atoms with Gasteiger partial charge in [0.1, 0.15) is 4.88 Å². The molecule has 1 aliphatic rings. The molecule has 0 spiro atoms. The predicted octanol–water partition coefficient (Wildman–Crippen LogP) is 1.52. The number of thiophene rings is 1. The van der Waals surface area contributed by atoms with Crippen LogP contribution in [-0.4, -0.2) is 49.7 Å². The van der Waals surface area contributed by atoms with Crippen LogP contribution in [0.15, 0.2) is 15.9 Å². The van der Waals surface area contributed by atoms with Gasteiger partial charge in [0.2, 0.25) is 0 Å². The summed E-state index contributed by atoms with van der Waals surface area (Å²) >= 11 is 4.70. The first kappa shape index (κ1) is 13.5. The van der Waals surface area contributed by atoms with E-state index >= 15 is 0 Å². The van der Waals surface area contributed by atoms with Gasteiger partial charge in [0, 0.05) is 11.0 Å². The topological polar surface area (TPSA) is 55.8 Å². The molecule has 2 rings (SSSR count). The summed E-state index contributed by atoms with van der Waals surface area (Å²) < 4.78 is 10.7. The van der Waals surface area contributed by atoms with E-state index in [0.717, 1.165) is 4.47 Å². The Hall–Kier alpha value is -0.920. The second-order valence-electron chi connectivity index (χ2n) is 3.73. The molecular weight excluding hydrogens is 322 g/mol. The number of morpholine rings is 1. The SMILES string of the molecule is COC(=O)C1CN(C(=O)c2sccc2Br)CCO1. The van der Waals surface area contributed by atoms with Crippen LogP contribution in [0.3, 0.4) is 0 Å². The molecule has 0 aliphatic carbocycles. The molecule has 0 saturated carbocycles. The fourth-order valence-electron chi connectivity index (χ4n) is 1.70. The second-order valence-corrected chi connectivity index (χ2v) is 5.50. The van der Waals surface area contributed by atoms with Crippen LogP contribution in [0.4, 0.5) is 0 Å². The quantitative estimate of drug-likeness (QED) is 0.770. The molecule has 1 unspecified atom stereocenters. The number of nitrogens with zero attached hydrogens (tertiary/aromatic N) is 1. The summed E-state index contributed by atoms with van der Waals surface area (Å²) in [5.74, 6) is -0.535. The van der Waals surface area contributed by atoms with Crippen molar-refractivity contribution in [2.45, 2.75) is 6.10 Å². The molecule has 0 aromatic carbocycles. The van der Waals surface area contributed by atoms with Crippen LogP contribution >= 0.6 is 27.3 Å². The number of ether oxygens (including phenoxy) is 2. The van der Waals surface area contributed by atoms with Crippen molar-refractivity contribution >= 4 is 39.1 Å². The van der Waals surface area contributed by atoms with Gasteiger partial charge < -0.3 is 14.4 Å². The van der Waals surface area contributed by atoms with E-state index in [1.54, 1.807) is 4.90 Å². The Labute approximate surface area is 117 Å². The van der Waals surface area contributed by atoms with Gasteiger partial charge in [-0.15, -0.1) is 11.3 Å². The summed E-state index contributed by atoms with van der Waals surface area (Å²) in [6, 6.07) is 1.83. The van der Waals surface area contributed by atoms with Crippen LogP contribution in [0.5, 0.6) is 0 Å². The normalized spacial score (nSPS) is 19.7. The Kier molecular flexibility index (Phi) is 4.36. The third-order valence-electron chi connectivity index (χ3n) is 2.63. The van der Waals surface area contributed by atoms with Gasteiger partial charge in [0.15, 0.2) is 6.10 Å². The largest absolute Gasteiger partial charge is 0.467 e. The summed E-state index contributed by atoms with van der Waals surface area (Å²) in [4.78, 5) is 25.9. The minimum Gasteiger partial charge on any atom is -0.467 e. The number of carbonyl (C=O) groups is 2. The van der Waals surface area contributed by atoms with Crippen molar-refractivity contribution in [1.82, 2.24) is 4.90 Å².